The number of amides is 1. The molecule has 0 unspecified atom stereocenters. The van der Waals surface area contributed by atoms with Crippen molar-refractivity contribution in [1.82, 2.24) is 5.32 Å². The van der Waals surface area contributed by atoms with E-state index in [9.17, 15) is 4.79 Å². The summed E-state index contributed by atoms with van der Waals surface area (Å²) in [6.45, 7) is 0. The predicted octanol–water partition coefficient (Wildman–Crippen LogP) is 2.12. The Bertz CT molecular complexity index is 450. The Kier molecular flexibility index (Phi) is 3.02. The van der Waals surface area contributed by atoms with Crippen molar-refractivity contribution in [3.63, 3.8) is 0 Å². The van der Waals surface area contributed by atoms with E-state index in [1.165, 1.54) is 6.08 Å². The summed E-state index contributed by atoms with van der Waals surface area (Å²) in [6.07, 6.45) is 5.31. The van der Waals surface area contributed by atoms with Crippen molar-refractivity contribution in [3.8, 4) is 6.07 Å². The van der Waals surface area contributed by atoms with Crippen LogP contribution in [0.2, 0.25) is 0 Å². The van der Waals surface area contributed by atoms with Crippen LogP contribution in [-0.2, 0) is 0 Å². The van der Waals surface area contributed by atoms with E-state index >= 15 is 0 Å². The Morgan fingerprint density at radius 3 is 2.62 bits per heavy atom. The molecule has 1 saturated carbocycles. The summed E-state index contributed by atoms with van der Waals surface area (Å²) in [5, 5.41) is 11.3. The van der Waals surface area contributed by atoms with Gasteiger partial charge in [0.25, 0.3) is 5.91 Å². The number of nitrogens with zero attached hydrogens (tertiary/aromatic N) is 1. The van der Waals surface area contributed by atoms with Gasteiger partial charge in [-0.2, -0.15) is 5.26 Å². The van der Waals surface area contributed by atoms with Crippen LogP contribution in [0.15, 0.2) is 30.3 Å². The van der Waals surface area contributed by atoms with E-state index in [0.717, 1.165) is 18.4 Å². The van der Waals surface area contributed by atoms with Crippen molar-refractivity contribution in [2.45, 2.75) is 18.9 Å². The van der Waals surface area contributed by atoms with E-state index in [0.29, 0.717) is 11.6 Å². The van der Waals surface area contributed by atoms with Gasteiger partial charge in [0.2, 0.25) is 0 Å². The molecule has 1 aliphatic carbocycles. The molecule has 0 radical (unpaired) electrons. The van der Waals surface area contributed by atoms with E-state index < -0.39 is 0 Å². The highest BCUT2D eigenvalue weighted by atomic mass is 16.1. The highest BCUT2D eigenvalue weighted by Crippen LogP contribution is 2.19. The van der Waals surface area contributed by atoms with Crippen molar-refractivity contribution in [3.05, 3.63) is 41.5 Å². The van der Waals surface area contributed by atoms with E-state index in [4.69, 9.17) is 5.26 Å². The Morgan fingerprint density at radius 1 is 1.38 bits per heavy atom. The van der Waals surface area contributed by atoms with Gasteiger partial charge in [-0.15, -0.1) is 0 Å². The van der Waals surface area contributed by atoms with E-state index in [2.05, 4.69) is 5.32 Å². The van der Waals surface area contributed by atoms with Gasteiger partial charge in [-0.3, -0.25) is 4.79 Å². The maximum absolute atomic E-state index is 11.6. The fourth-order valence-corrected chi connectivity index (χ4v) is 1.38. The summed E-state index contributed by atoms with van der Waals surface area (Å²) < 4.78 is 0. The second-order valence-electron chi connectivity index (χ2n) is 3.83. The molecule has 0 bridgehead atoms. The third-order valence-corrected chi connectivity index (χ3v) is 2.44. The van der Waals surface area contributed by atoms with Gasteiger partial charge >= 0.3 is 0 Å². The third-order valence-electron chi connectivity index (χ3n) is 2.44. The number of hydrogen-bond donors (Lipinski definition) is 1. The lowest BCUT2D eigenvalue weighted by Crippen LogP contribution is -2.25. The molecule has 0 aromatic heterocycles. The first kappa shape index (κ1) is 10.4. The zero-order valence-corrected chi connectivity index (χ0v) is 8.81. The second-order valence-corrected chi connectivity index (χ2v) is 3.83. The lowest BCUT2D eigenvalue weighted by atomic mass is 10.1. The second kappa shape index (κ2) is 4.63. The summed E-state index contributed by atoms with van der Waals surface area (Å²) in [4.78, 5) is 11.6. The Balaban J connectivity index is 2.03. The normalized spacial score (nSPS) is 14.7. The minimum Gasteiger partial charge on any atom is -0.349 e. The van der Waals surface area contributed by atoms with E-state index in [1.807, 2.05) is 18.2 Å². The van der Waals surface area contributed by atoms with Gasteiger partial charge < -0.3 is 5.32 Å². The van der Waals surface area contributed by atoms with Crippen LogP contribution in [0.1, 0.15) is 28.8 Å². The van der Waals surface area contributed by atoms with Crippen LogP contribution in [-0.4, -0.2) is 11.9 Å². The van der Waals surface area contributed by atoms with Crippen LogP contribution in [0.3, 0.4) is 0 Å². The van der Waals surface area contributed by atoms with Crippen LogP contribution in [0.4, 0.5) is 0 Å². The largest absolute Gasteiger partial charge is 0.349 e. The minimum absolute atomic E-state index is 0.0155. The lowest BCUT2D eigenvalue weighted by molar-refractivity contribution is 0.0951. The van der Waals surface area contributed by atoms with E-state index in [-0.39, 0.29) is 5.91 Å². The molecule has 1 fully saturated rings. The van der Waals surface area contributed by atoms with Crippen LogP contribution in [0.25, 0.3) is 6.08 Å². The Labute approximate surface area is 94.4 Å². The Hall–Kier alpha value is -2.08. The van der Waals surface area contributed by atoms with Crippen LogP contribution in [0.5, 0.6) is 0 Å². The maximum Gasteiger partial charge on any atom is 0.251 e. The van der Waals surface area contributed by atoms with Gasteiger partial charge in [0.05, 0.1) is 6.07 Å². The maximum atomic E-state index is 11.6. The van der Waals surface area contributed by atoms with Gasteiger partial charge in [0.1, 0.15) is 0 Å². The molecule has 0 aliphatic heterocycles. The number of hydrogen-bond acceptors (Lipinski definition) is 2. The molecule has 1 N–H and O–H groups in total. The van der Waals surface area contributed by atoms with Crippen LogP contribution < -0.4 is 5.32 Å². The molecular formula is C13H12N2O. The SMILES string of the molecule is N#CC=Cc1ccc(C(=O)NC2CC2)cc1. The first-order valence-corrected chi connectivity index (χ1v) is 5.26. The van der Waals surface area contributed by atoms with Gasteiger partial charge in [-0.05, 0) is 36.6 Å². The molecule has 3 nitrogen and oxygen atoms in total. The van der Waals surface area contributed by atoms with Gasteiger partial charge in [-0.25, -0.2) is 0 Å². The highest BCUT2D eigenvalue weighted by molar-refractivity contribution is 5.94. The molecular weight excluding hydrogens is 200 g/mol. The van der Waals surface area contributed by atoms with Crippen LogP contribution in [0, 0.1) is 11.3 Å². The standard InChI is InChI=1S/C13H12N2O/c14-9-1-2-10-3-5-11(6-4-10)13(16)15-12-7-8-12/h1-6,12H,7-8H2,(H,15,16). The summed E-state index contributed by atoms with van der Waals surface area (Å²) in [6, 6.07) is 9.51. The highest BCUT2D eigenvalue weighted by Gasteiger charge is 2.23. The number of allylic oxidation sites excluding steroid dienone is 1. The van der Waals surface area contributed by atoms with Crippen molar-refractivity contribution in [2.75, 3.05) is 0 Å². The summed E-state index contributed by atoms with van der Waals surface area (Å²) in [7, 11) is 0. The van der Waals surface area contributed by atoms with Gasteiger partial charge in [0.15, 0.2) is 0 Å². The average molecular weight is 212 g/mol. The quantitative estimate of drug-likeness (QED) is 0.780. The fraction of sp³-hybridized carbons (Fsp3) is 0.231. The zero-order chi connectivity index (χ0) is 11.4. The smallest absolute Gasteiger partial charge is 0.251 e. The number of carbonyl (C=O) groups is 1. The predicted molar refractivity (Wildman–Crippen MR) is 61.6 cm³/mol. The molecule has 0 heterocycles. The molecule has 1 aromatic carbocycles. The Morgan fingerprint density at radius 2 is 2.06 bits per heavy atom. The number of nitriles is 1. The molecule has 2 rings (SSSR count). The van der Waals surface area contributed by atoms with Crippen LogP contribution >= 0.6 is 0 Å². The van der Waals surface area contributed by atoms with Crippen molar-refractivity contribution >= 4 is 12.0 Å². The molecule has 0 spiro atoms. The molecule has 1 aliphatic rings. The van der Waals surface area contributed by atoms with E-state index in [1.54, 1.807) is 18.2 Å². The fourth-order valence-electron chi connectivity index (χ4n) is 1.38. The molecule has 0 saturated heterocycles. The van der Waals surface area contributed by atoms with Gasteiger partial charge in [0, 0.05) is 17.7 Å². The summed E-state index contributed by atoms with van der Waals surface area (Å²) in [5.41, 5.74) is 1.59. The molecule has 80 valence electrons. The molecule has 1 amide bonds. The topological polar surface area (TPSA) is 52.9 Å². The lowest BCUT2D eigenvalue weighted by Gasteiger charge is -2.02. The minimum atomic E-state index is -0.0155. The average Bonchev–Trinajstić information content (AvgIpc) is 3.11. The first-order valence-electron chi connectivity index (χ1n) is 5.26. The zero-order valence-electron chi connectivity index (χ0n) is 8.81. The van der Waals surface area contributed by atoms with Crippen molar-refractivity contribution < 1.29 is 4.79 Å². The number of carbonyl (C=O) groups excluding carboxylic acids is 1. The molecule has 16 heavy (non-hydrogen) atoms. The first-order chi connectivity index (χ1) is 7.79. The monoisotopic (exact) mass is 212 g/mol. The molecule has 0 atom stereocenters. The third kappa shape index (κ3) is 2.71. The summed E-state index contributed by atoms with van der Waals surface area (Å²) in [5.74, 6) is -0.0155. The summed E-state index contributed by atoms with van der Waals surface area (Å²) >= 11 is 0. The number of nitrogens with one attached hydrogen (secondary N) is 1. The van der Waals surface area contributed by atoms with Crippen molar-refractivity contribution in [2.24, 2.45) is 0 Å². The molecule has 3 heteroatoms. The molecule has 1 aromatic rings. The number of benzene rings is 1. The number of rotatable bonds is 3. The van der Waals surface area contributed by atoms with Gasteiger partial charge in [-0.1, -0.05) is 12.1 Å². The van der Waals surface area contributed by atoms with Crippen molar-refractivity contribution in [1.29, 1.82) is 5.26 Å².